The number of thioether (sulfide) groups is 1. The molecule has 3 aromatic rings. The zero-order chi connectivity index (χ0) is 20.9. The van der Waals surface area contributed by atoms with Crippen LogP contribution in [-0.4, -0.2) is 38.2 Å². The Labute approximate surface area is 169 Å². The van der Waals surface area contributed by atoms with Crippen LogP contribution in [0.2, 0.25) is 0 Å². The fourth-order valence-electron chi connectivity index (χ4n) is 2.43. The van der Waals surface area contributed by atoms with Crippen LogP contribution in [0, 0.1) is 0 Å². The Morgan fingerprint density at radius 2 is 1.86 bits per heavy atom. The number of nitrogens with one attached hydrogen (secondary N) is 2. The molecule has 0 spiro atoms. The maximum Gasteiger partial charge on any atom is 0.446 e. The molecular weight excluding hydrogens is 403 g/mol. The second kappa shape index (κ2) is 9.10. The molecule has 152 valence electrons. The number of hydrogen-bond donors (Lipinski definition) is 3. The monoisotopic (exact) mass is 421 g/mol. The largest absolute Gasteiger partial charge is 0.446 e. The van der Waals surface area contributed by atoms with Crippen LogP contribution < -0.4 is 10.6 Å². The average molecular weight is 421 g/mol. The smallest absolute Gasteiger partial charge is 0.394 e. The molecule has 0 bridgehead atoms. The van der Waals surface area contributed by atoms with Crippen molar-refractivity contribution in [2.75, 3.05) is 17.2 Å². The summed E-state index contributed by atoms with van der Waals surface area (Å²) in [5.41, 5.74) is -2.51. The highest BCUT2D eigenvalue weighted by Crippen LogP contribution is 2.37. The van der Waals surface area contributed by atoms with E-state index in [1.54, 1.807) is 43.6 Å². The Balaban J connectivity index is 1.92. The van der Waals surface area contributed by atoms with E-state index in [1.807, 2.05) is 0 Å². The lowest BCUT2D eigenvalue weighted by atomic mass is 10.2. The van der Waals surface area contributed by atoms with Gasteiger partial charge in [-0.1, -0.05) is 6.07 Å². The first-order valence-electron chi connectivity index (χ1n) is 8.62. The van der Waals surface area contributed by atoms with E-state index in [0.717, 1.165) is 5.56 Å². The molecule has 10 heteroatoms. The van der Waals surface area contributed by atoms with Crippen molar-refractivity contribution in [3.05, 3.63) is 54.9 Å². The second-order valence-electron chi connectivity index (χ2n) is 6.13. The third-order valence-electron chi connectivity index (χ3n) is 3.69. The predicted molar refractivity (Wildman–Crippen MR) is 107 cm³/mol. The van der Waals surface area contributed by atoms with Gasteiger partial charge in [0.25, 0.3) is 0 Å². The van der Waals surface area contributed by atoms with E-state index in [2.05, 4.69) is 25.6 Å². The Hall–Kier alpha value is -2.85. The quantitative estimate of drug-likeness (QED) is 0.478. The molecule has 29 heavy (non-hydrogen) atoms. The van der Waals surface area contributed by atoms with Crippen LogP contribution in [-0.2, 0) is 0 Å². The molecule has 2 aromatic heterocycles. The first-order chi connectivity index (χ1) is 13.8. The first-order valence-corrected chi connectivity index (χ1v) is 9.44. The summed E-state index contributed by atoms with van der Waals surface area (Å²) in [5, 5.41) is 15.3. The van der Waals surface area contributed by atoms with Gasteiger partial charge in [0.1, 0.15) is 5.82 Å². The predicted octanol–water partition coefficient (Wildman–Crippen LogP) is 4.69. The van der Waals surface area contributed by atoms with Gasteiger partial charge in [0, 0.05) is 40.6 Å². The molecule has 0 saturated heterocycles. The number of hydrogen-bond acceptors (Lipinski definition) is 7. The molecule has 3 N–H and O–H groups in total. The van der Waals surface area contributed by atoms with E-state index in [0.29, 0.717) is 17.2 Å². The molecule has 0 unspecified atom stereocenters. The fraction of sp³-hybridized carbons (Fsp3) is 0.211. The minimum absolute atomic E-state index is 0.0677. The van der Waals surface area contributed by atoms with Crippen molar-refractivity contribution in [2.45, 2.75) is 23.4 Å². The average Bonchev–Trinajstić information content (AvgIpc) is 2.67. The summed E-state index contributed by atoms with van der Waals surface area (Å²) in [4.78, 5) is 12.9. The third kappa shape index (κ3) is 6.33. The van der Waals surface area contributed by atoms with Crippen LogP contribution in [0.3, 0.4) is 0 Å². The molecule has 1 atom stereocenters. The summed E-state index contributed by atoms with van der Waals surface area (Å²) < 4.78 is 37.9. The van der Waals surface area contributed by atoms with Gasteiger partial charge in [0.05, 0.1) is 12.3 Å². The summed E-state index contributed by atoms with van der Waals surface area (Å²) >= 11 is -0.180. The van der Waals surface area contributed by atoms with Gasteiger partial charge >= 0.3 is 5.51 Å². The van der Waals surface area contributed by atoms with Gasteiger partial charge in [-0.3, -0.25) is 4.98 Å². The van der Waals surface area contributed by atoms with Gasteiger partial charge in [0.2, 0.25) is 5.95 Å². The summed E-state index contributed by atoms with van der Waals surface area (Å²) in [5.74, 6) is 0.679. The molecule has 0 aliphatic carbocycles. The molecule has 0 aliphatic rings. The number of nitrogens with zero attached hydrogens (tertiary/aromatic N) is 3. The van der Waals surface area contributed by atoms with Crippen molar-refractivity contribution in [3.63, 3.8) is 0 Å². The molecule has 6 nitrogen and oxygen atoms in total. The summed E-state index contributed by atoms with van der Waals surface area (Å²) in [7, 11) is 0. The number of rotatable bonds is 7. The van der Waals surface area contributed by atoms with E-state index in [-0.39, 0.29) is 35.3 Å². The lowest BCUT2D eigenvalue weighted by Crippen LogP contribution is -2.21. The number of pyridine rings is 1. The Morgan fingerprint density at radius 1 is 1.10 bits per heavy atom. The van der Waals surface area contributed by atoms with Crippen molar-refractivity contribution < 1.29 is 18.3 Å². The normalized spacial score (nSPS) is 12.4. The Bertz CT molecular complexity index is 956. The molecule has 2 heterocycles. The highest BCUT2D eigenvalue weighted by molar-refractivity contribution is 8.00. The summed E-state index contributed by atoms with van der Waals surface area (Å²) in [6.45, 7) is 1.66. The number of benzene rings is 1. The van der Waals surface area contributed by atoms with E-state index in [1.165, 1.54) is 18.2 Å². The van der Waals surface area contributed by atoms with E-state index >= 15 is 0 Å². The van der Waals surface area contributed by atoms with Crippen LogP contribution in [0.15, 0.2) is 59.8 Å². The van der Waals surface area contributed by atoms with Crippen LogP contribution in [0.1, 0.15) is 6.92 Å². The first kappa shape index (κ1) is 20.9. The zero-order valence-corrected chi connectivity index (χ0v) is 16.1. The topological polar surface area (TPSA) is 83.0 Å². The molecule has 0 aliphatic heterocycles. The zero-order valence-electron chi connectivity index (χ0n) is 15.3. The van der Waals surface area contributed by atoms with Crippen molar-refractivity contribution in [1.29, 1.82) is 0 Å². The molecule has 0 amide bonds. The fourth-order valence-corrected chi connectivity index (χ4v) is 3.03. The van der Waals surface area contributed by atoms with Gasteiger partial charge in [-0.2, -0.15) is 18.2 Å². The van der Waals surface area contributed by atoms with Gasteiger partial charge in [-0.05, 0) is 49.0 Å². The maximum atomic E-state index is 12.6. The van der Waals surface area contributed by atoms with Crippen LogP contribution in [0.4, 0.5) is 30.6 Å². The van der Waals surface area contributed by atoms with Crippen LogP contribution in [0.25, 0.3) is 11.3 Å². The lowest BCUT2D eigenvalue weighted by molar-refractivity contribution is -0.0328. The number of aliphatic hydroxyl groups is 1. The van der Waals surface area contributed by atoms with Gasteiger partial charge < -0.3 is 15.7 Å². The number of halogens is 3. The van der Waals surface area contributed by atoms with Crippen LogP contribution >= 0.6 is 11.8 Å². The highest BCUT2D eigenvalue weighted by atomic mass is 32.2. The van der Waals surface area contributed by atoms with Gasteiger partial charge in [-0.25, -0.2) is 4.98 Å². The maximum absolute atomic E-state index is 12.6. The second-order valence-corrected chi connectivity index (χ2v) is 7.26. The van der Waals surface area contributed by atoms with E-state index in [9.17, 15) is 18.3 Å². The Kier molecular flexibility index (Phi) is 6.55. The van der Waals surface area contributed by atoms with Crippen molar-refractivity contribution >= 4 is 29.2 Å². The van der Waals surface area contributed by atoms with Crippen molar-refractivity contribution in [3.8, 4) is 11.3 Å². The highest BCUT2D eigenvalue weighted by Gasteiger charge is 2.29. The third-order valence-corrected chi connectivity index (χ3v) is 4.41. The lowest BCUT2D eigenvalue weighted by Gasteiger charge is -2.14. The number of alkyl halides is 3. The van der Waals surface area contributed by atoms with Gasteiger partial charge in [-0.15, -0.1) is 0 Å². The minimum Gasteiger partial charge on any atom is -0.394 e. The number of anilines is 3. The Morgan fingerprint density at radius 3 is 2.55 bits per heavy atom. The van der Waals surface area contributed by atoms with Crippen LogP contribution in [0.5, 0.6) is 0 Å². The van der Waals surface area contributed by atoms with Gasteiger partial charge in [0.15, 0.2) is 0 Å². The van der Waals surface area contributed by atoms with E-state index in [4.69, 9.17) is 0 Å². The molecule has 1 aromatic carbocycles. The number of aromatic nitrogens is 3. The molecule has 3 rings (SSSR count). The molecular formula is C19H18F3N5OS. The standard InChI is InChI=1S/C19H18F3N5OS/c1-12(11-28)24-18-26-16(13-5-7-23-8-6-13)10-17(27-18)25-14-3-2-4-15(9-14)29-19(20,21)22/h2-10,12,28H,11H2,1H3,(H2,24,25,26,27)/t12-/m1/s1. The minimum atomic E-state index is -4.36. The van der Waals surface area contributed by atoms with Crippen molar-refractivity contribution in [1.82, 2.24) is 15.0 Å². The van der Waals surface area contributed by atoms with Crippen molar-refractivity contribution in [2.24, 2.45) is 0 Å². The molecule has 0 saturated carbocycles. The molecule has 0 fully saturated rings. The summed E-state index contributed by atoms with van der Waals surface area (Å²) in [6.07, 6.45) is 3.26. The SMILES string of the molecule is C[C@H](CO)Nc1nc(Nc2cccc(SC(F)(F)F)c2)cc(-c2ccncc2)n1. The molecule has 0 radical (unpaired) electrons. The number of aliphatic hydroxyl groups excluding tert-OH is 1. The summed E-state index contributed by atoms with van der Waals surface area (Å²) in [6, 6.07) is 11.0. The van der Waals surface area contributed by atoms with E-state index < -0.39 is 5.51 Å².